The zero-order chi connectivity index (χ0) is 18.5. The Hall–Kier alpha value is -2.15. The molecule has 0 spiro atoms. The van der Waals surface area contributed by atoms with Crippen LogP contribution < -0.4 is 5.32 Å². The number of carbonyl (C=O) groups excluding carboxylic acids is 1. The predicted molar refractivity (Wildman–Crippen MR) is 103 cm³/mol. The highest BCUT2D eigenvalue weighted by Gasteiger charge is 2.08. The molecule has 0 atom stereocenters. The highest BCUT2D eigenvalue weighted by atomic mass is 35.5. The molecule has 0 unspecified atom stereocenters. The summed E-state index contributed by atoms with van der Waals surface area (Å²) >= 11 is 12.7. The van der Waals surface area contributed by atoms with Gasteiger partial charge in [0, 0.05) is 16.3 Å². The number of benzene rings is 2. The van der Waals surface area contributed by atoms with Crippen molar-refractivity contribution in [3.8, 4) is 11.3 Å². The number of carbonyl (C=O) groups is 1. The van der Waals surface area contributed by atoms with Gasteiger partial charge < -0.3 is 5.32 Å². The zero-order valence-corrected chi connectivity index (χ0v) is 15.6. The summed E-state index contributed by atoms with van der Waals surface area (Å²) in [5, 5.41) is 12.1. The van der Waals surface area contributed by atoms with E-state index >= 15 is 0 Å². The molecule has 1 aromatic heterocycles. The van der Waals surface area contributed by atoms with Gasteiger partial charge in [0.15, 0.2) is 0 Å². The maximum atomic E-state index is 13.4. The van der Waals surface area contributed by atoms with Gasteiger partial charge in [-0.05, 0) is 42.5 Å². The van der Waals surface area contributed by atoms with Gasteiger partial charge >= 0.3 is 0 Å². The minimum atomic E-state index is -0.583. The molecule has 8 heteroatoms. The van der Waals surface area contributed by atoms with Gasteiger partial charge in [-0.2, -0.15) is 0 Å². The van der Waals surface area contributed by atoms with Crippen molar-refractivity contribution in [1.29, 1.82) is 0 Å². The number of aromatic nitrogens is 2. The minimum absolute atomic E-state index is 0.00780. The Bertz CT molecular complexity index is 921. The molecule has 0 saturated carbocycles. The maximum Gasteiger partial charge on any atom is 0.234 e. The molecule has 4 nitrogen and oxygen atoms in total. The van der Waals surface area contributed by atoms with Crippen molar-refractivity contribution < 1.29 is 9.18 Å². The van der Waals surface area contributed by atoms with E-state index in [9.17, 15) is 9.18 Å². The van der Waals surface area contributed by atoms with Gasteiger partial charge in [-0.1, -0.05) is 47.1 Å². The van der Waals surface area contributed by atoms with E-state index in [1.807, 2.05) is 18.2 Å². The molecule has 0 radical (unpaired) electrons. The topological polar surface area (TPSA) is 54.9 Å². The van der Waals surface area contributed by atoms with E-state index in [4.69, 9.17) is 23.2 Å². The lowest BCUT2D eigenvalue weighted by atomic mass is 10.1. The standard InChI is InChI=1S/C18H12Cl2FN3OS/c19-12-3-1-11(2-4-12)16-7-8-18(24-23-16)26-10-17(25)22-13-5-6-14(20)15(21)9-13/h1-9H,10H2,(H,22,25). The third-order valence-corrected chi connectivity index (χ3v) is 4.81. The SMILES string of the molecule is O=C(CSc1ccc(-c2ccc(Cl)cc2)nn1)Nc1ccc(Cl)c(F)c1. The fraction of sp³-hybridized carbons (Fsp3) is 0.0556. The van der Waals surface area contributed by atoms with Gasteiger partial charge in [0.05, 0.1) is 16.5 Å². The predicted octanol–water partition coefficient (Wildman–Crippen LogP) is 5.32. The molecule has 0 aliphatic rings. The van der Waals surface area contributed by atoms with Crippen LogP contribution in [0.5, 0.6) is 0 Å². The van der Waals surface area contributed by atoms with Gasteiger partial charge in [-0.15, -0.1) is 10.2 Å². The number of halogens is 3. The van der Waals surface area contributed by atoms with Gasteiger partial charge in [0.25, 0.3) is 0 Å². The molecule has 1 heterocycles. The summed E-state index contributed by atoms with van der Waals surface area (Å²) in [5.74, 6) is -0.736. The van der Waals surface area contributed by atoms with E-state index in [1.165, 1.54) is 30.0 Å². The highest BCUT2D eigenvalue weighted by molar-refractivity contribution is 7.99. The summed E-state index contributed by atoms with van der Waals surface area (Å²) in [4.78, 5) is 12.0. The molecular weight excluding hydrogens is 396 g/mol. The first-order valence-corrected chi connectivity index (χ1v) is 9.23. The maximum absolute atomic E-state index is 13.4. The average molecular weight is 408 g/mol. The second-order valence-electron chi connectivity index (χ2n) is 5.23. The number of thioether (sulfide) groups is 1. The molecule has 132 valence electrons. The van der Waals surface area contributed by atoms with Crippen LogP contribution in [0.15, 0.2) is 59.6 Å². The van der Waals surface area contributed by atoms with E-state index < -0.39 is 5.82 Å². The van der Waals surface area contributed by atoms with Crippen LogP contribution in [0.25, 0.3) is 11.3 Å². The molecule has 0 aliphatic heterocycles. The fourth-order valence-electron chi connectivity index (χ4n) is 2.08. The molecular formula is C18H12Cl2FN3OS. The first-order chi connectivity index (χ1) is 12.5. The number of anilines is 1. The number of hydrogen-bond acceptors (Lipinski definition) is 4. The summed E-state index contributed by atoms with van der Waals surface area (Å²) in [7, 11) is 0. The Morgan fingerprint density at radius 1 is 1.04 bits per heavy atom. The zero-order valence-electron chi connectivity index (χ0n) is 13.2. The van der Waals surface area contributed by atoms with E-state index in [0.29, 0.717) is 21.4 Å². The van der Waals surface area contributed by atoms with Crippen molar-refractivity contribution in [2.75, 3.05) is 11.1 Å². The van der Waals surface area contributed by atoms with Crippen molar-refractivity contribution in [2.45, 2.75) is 5.03 Å². The van der Waals surface area contributed by atoms with Gasteiger partial charge in [0.2, 0.25) is 5.91 Å². The van der Waals surface area contributed by atoms with Crippen molar-refractivity contribution >= 4 is 46.6 Å². The number of hydrogen-bond donors (Lipinski definition) is 1. The van der Waals surface area contributed by atoms with Crippen LogP contribution in [0.3, 0.4) is 0 Å². The van der Waals surface area contributed by atoms with E-state index in [0.717, 1.165) is 5.56 Å². The van der Waals surface area contributed by atoms with Crippen LogP contribution in [0.2, 0.25) is 10.0 Å². The molecule has 1 N–H and O–H groups in total. The molecule has 0 saturated heterocycles. The lowest BCUT2D eigenvalue weighted by Gasteiger charge is -2.06. The van der Waals surface area contributed by atoms with Gasteiger partial charge in [-0.3, -0.25) is 4.79 Å². The second kappa shape index (κ2) is 8.49. The number of nitrogens with one attached hydrogen (secondary N) is 1. The number of nitrogens with zero attached hydrogens (tertiary/aromatic N) is 2. The average Bonchev–Trinajstić information content (AvgIpc) is 2.64. The van der Waals surface area contributed by atoms with Crippen molar-refractivity contribution in [3.05, 3.63) is 70.5 Å². The molecule has 2 aromatic carbocycles. The molecule has 1 amide bonds. The Morgan fingerprint density at radius 2 is 1.81 bits per heavy atom. The Balaban J connectivity index is 1.56. The third-order valence-electron chi connectivity index (χ3n) is 3.33. The molecule has 26 heavy (non-hydrogen) atoms. The lowest BCUT2D eigenvalue weighted by molar-refractivity contribution is -0.113. The largest absolute Gasteiger partial charge is 0.325 e. The summed E-state index contributed by atoms with van der Waals surface area (Å²) in [5.41, 5.74) is 1.97. The fourth-order valence-corrected chi connectivity index (χ4v) is 2.94. The van der Waals surface area contributed by atoms with Gasteiger partial charge in [0.1, 0.15) is 10.8 Å². The van der Waals surface area contributed by atoms with E-state index in [1.54, 1.807) is 18.2 Å². The number of amides is 1. The molecule has 3 rings (SSSR count). The van der Waals surface area contributed by atoms with E-state index in [-0.39, 0.29) is 16.7 Å². The van der Waals surface area contributed by atoms with Crippen LogP contribution in [0.4, 0.5) is 10.1 Å². The third kappa shape index (κ3) is 4.94. The molecule has 3 aromatic rings. The highest BCUT2D eigenvalue weighted by Crippen LogP contribution is 2.22. The van der Waals surface area contributed by atoms with Crippen molar-refractivity contribution in [3.63, 3.8) is 0 Å². The van der Waals surface area contributed by atoms with Crippen LogP contribution in [-0.2, 0) is 4.79 Å². The summed E-state index contributed by atoms with van der Waals surface area (Å²) in [6, 6.07) is 15.0. The van der Waals surface area contributed by atoms with Crippen LogP contribution >= 0.6 is 35.0 Å². The summed E-state index contributed by atoms with van der Waals surface area (Å²) in [6.45, 7) is 0. The van der Waals surface area contributed by atoms with E-state index in [2.05, 4.69) is 15.5 Å². The minimum Gasteiger partial charge on any atom is -0.325 e. The van der Waals surface area contributed by atoms with Crippen molar-refractivity contribution in [2.24, 2.45) is 0 Å². The Kier molecular flexibility index (Phi) is 6.08. The quantitative estimate of drug-likeness (QED) is 0.581. The monoisotopic (exact) mass is 407 g/mol. The van der Waals surface area contributed by atoms with Crippen molar-refractivity contribution in [1.82, 2.24) is 10.2 Å². The first-order valence-electron chi connectivity index (χ1n) is 7.48. The normalized spacial score (nSPS) is 10.6. The van der Waals surface area contributed by atoms with Crippen LogP contribution in [-0.4, -0.2) is 21.9 Å². The molecule has 0 fully saturated rings. The summed E-state index contributed by atoms with van der Waals surface area (Å²) < 4.78 is 13.4. The first kappa shape index (κ1) is 18.6. The lowest BCUT2D eigenvalue weighted by Crippen LogP contribution is -2.14. The van der Waals surface area contributed by atoms with Gasteiger partial charge in [-0.25, -0.2) is 4.39 Å². The molecule has 0 aliphatic carbocycles. The number of rotatable bonds is 5. The van der Waals surface area contributed by atoms with Crippen LogP contribution in [0.1, 0.15) is 0 Å². The Morgan fingerprint density at radius 3 is 2.46 bits per heavy atom. The Labute approximate surface area is 163 Å². The second-order valence-corrected chi connectivity index (χ2v) is 7.07. The molecule has 0 bridgehead atoms. The van der Waals surface area contributed by atoms with Crippen LogP contribution in [0, 0.1) is 5.82 Å². The smallest absolute Gasteiger partial charge is 0.234 e. The summed E-state index contributed by atoms with van der Waals surface area (Å²) in [6.07, 6.45) is 0.